The molecule has 0 saturated heterocycles. The van der Waals surface area contributed by atoms with E-state index in [9.17, 15) is 18.0 Å². The Balaban J connectivity index is 1.52. The Morgan fingerprint density at radius 3 is 2.36 bits per heavy atom. The summed E-state index contributed by atoms with van der Waals surface area (Å²) in [4.78, 5) is 27.7. The molecule has 2 aromatic carbocycles. The minimum Gasteiger partial charge on any atom is -0.497 e. The summed E-state index contributed by atoms with van der Waals surface area (Å²) in [7, 11) is -2.62. The number of hydrogen-bond donors (Lipinski definition) is 2. The van der Waals surface area contributed by atoms with Gasteiger partial charge in [0.15, 0.2) is 5.76 Å². The minimum atomic E-state index is -4.22. The number of nitrogens with one attached hydrogen (secondary N) is 1. The third-order valence-electron chi connectivity index (χ3n) is 6.29. The lowest BCUT2D eigenvalue weighted by Crippen LogP contribution is -2.39. The molecule has 36 heavy (non-hydrogen) atoms. The van der Waals surface area contributed by atoms with Crippen LogP contribution in [-0.2, 0) is 33.4 Å². The Bertz CT molecular complexity index is 1320. The molecule has 1 saturated carbocycles. The highest BCUT2D eigenvalue weighted by molar-refractivity contribution is 7.87. The van der Waals surface area contributed by atoms with Gasteiger partial charge in [-0.15, -0.1) is 0 Å². The van der Waals surface area contributed by atoms with Crippen molar-refractivity contribution in [1.29, 1.82) is 0 Å². The number of carbonyl (C=O) groups excluding carboxylic acids is 2. The summed E-state index contributed by atoms with van der Waals surface area (Å²) < 4.78 is 34.8. The van der Waals surface area contributed by atoms with Crippen molar-refractivity contribution in [1.82, 2.24) is 9.62 Å². The van der Waals surface area contributed by atoms with Crippen molar-refractivity contribution in [2.75, 3.05) is 13.7 Å². The van der Waals surface area contributed by atoms with E-state index < -0.39 is 21.5 Å². The molecule has 0 atom stereocenters. The van der Waals surface area contributed by atoms with Crippen molar-refractivity contribution in [3.8, 4) is 5.75 Å². The molecule has 0 radical (unpaired) electrons. The highest BCUT2D eigenvalue weighted by atomic mass is 32.2. The van der Waals surface area contributed by atoms with E-state index in [-0.39, 0.29) is 18.2 Å². The van der Waals surface area contributed by atoms with Crippen LogP contribution in [0.4, 0.5) is 0 Å². The Hall–Kier alpha value is -3.63. The molecule has 0 unspecified atom stereocenters. The molecule has 1 aliphatic rings. The predicted molar refractivity (Wildman–Crippen MR) is 133 cm³/mol. The molecule has 4 rings (SSSR count). The number of ether oxygens (including phenoxy) is 1. The van der Waals surface area contributed by atoms with Crippen molar-refractivity contribution in [3.63, 3.8) is 0 Å². The molecule has 0 spiro atoms. The average molecular weight is 512 g/mol. The molecule has 3 N–H and O–H groups in total. The van der Waals surface area contributed by atoms with Gasteiger partial charge in [-0.1, -0.05) is 42.5 Å². The third kappa shape index (κ3) is 6.13. The van der Waals surface area contributed by atoms with Gasteiger partial charge in [-0.05, 0) is 61.1 Å². The Kier molecular flexibility index (Phi) is 7.46. The first-order valence-corrected chi connectivity index (χ1v) is 13.2. The van der Waals surface area contributed by atoms with Crippen molar-refractivity contribution in [3.05, 3.63) is 89.4 Å². The Morgan fingerprint density at radius 1 is 1.06 bits per heavy atom. The maximum atomic E-state index is 13.8. The Labute approximate surface area is 210 Å². The second-order valence-electron chi connectivity index (χ2n) is 8.87. The molecule has 190 valence electrons. The van der Waals surface area contributed by atoms with Crippen LogP contribution in [0.3, 0.4) is 0 Å². The number of hydrogen-bond acceptors (Lipinski definition) is 6. The van der Waals surface area contributed by atoms with Gasteiger partial charge in [0.1, 0.15) is 11.5 Å². The summed E-state index contributed by atoms with van der Waals surface area (Å²) in [5.74, 6) is -0.0852. The highest BCUT2D eigenvalue weighted by Crippen LogP contribution is 2.50. The van der Waals surface area contributed by atoms with Crippen molar-refractivity contribution in [2.24, 2.45) is 5.14 Å². The molecule has 9 nitrogen and oxygen atoms in total. The lowest BCUT2D eigenvalue weighted by atomic mass is 9.94. The molecule has 1 fully saturated rings. The van der Waals surface area contributed by atoms with Gasteiger partial charge in [0.2, 0.25) is 5.91 Å². The number of methoxy groups -OCH3 is 1. The number of furan rings is 1. The second kappa shape index (κ2) is 10.5. The van der Waals surface area contributed by atoms with E-state index in [2.05, 4.69) is 12.1 Å². The number of amides is 2. The summed E-state index contributed by atoms with van der Waals surface area (Å²) in [6.45, 7) is 0.638. The quantitative estimate of drug-likeness (QED) is 0.407. The van der Waals surface area contributed by atoms with E-state index in [4.69, 9.17) is 14.3 Å². The lowest BCUT2D eigenvalue weighted by Gasteiger charge is -2.27. The van der Waals surface area contributed by atoms with Crippen LogP contribution in [0.2, 0.25) is 0 Å². The van der Waals surface area contributed by atoms with E-state index in [1.54, 1.807) is 22.8 Å². The van der Waals surface area contributed by atoms with Crippen LogP contribution >= 0.6 is 0 Å². The predicted octanol–water partition coefficient (Wildman–Crippen LogP) is 2.91. The highest BCUT2D eigenvalue weighted by Gasteiger charge is 2.53. The summed E-state index contributed by atoms with van der Waals surface area (Å²) >= 11 is 0. The van der Waals surface area contributed by atoms with E-state index in [1.807, 2.05) is 42.5 Å². The molecule has 1 heterocycles. The van der Waals surface area contributed by atoms with Crippen molar-refractivity contribution >= 4 is 22.0 Å². The lowest BCUT2D eigenvalue weighted by molar-refractivity contribution is -0.135. The zero-order valence-electron chi connectivity index (χ0n) is 20.0. The normalized spacial score (nSPS) is 14.2. The van der Waals surface area contributed by atoms with Gasteiger partial charge in [0, 0.05) is 6.54 Å². The van der Waals surface area contributed by atoms with E-state index in [0.717, 1.165) is 37.0 Å². The van der Waals surface area contributed by atoms with Gasteiger partial charge in [-0.2, -0.15) is 8.42 Å². The van der Waals surface area contributed by atoms with Crippen LogP contribution in [0.15, 0.2) is 71.1 Å². The van der Waals surface area contributed by atoms with Crippen LogP contribution in [0.1, 0.15) is 46.7 Å². The summed E-state index contributed by atoms with van der Waals surface area (Å²) in [5, 5.41) is 4.87. The number of rotatable bonds is 11. The molecule has 0 aliphatic heterocycles. The van der Waals surface area contributed by atoms with Crippen LogP contribution in [0.25, 0.3) is 0 Å². The largest absolute Gasteiger partial charge is 0.497 e. The standard InChI is InChI=1S/C26H29N3O6S/c1-34-21-11-9-20(10-12-21)26(15-16-26)25(31)29(17-5-8-19-6-3-2-4-7-19)18-22-13-14-23(35-22)24(30)28-36(27,32)33/h2-4,6-7,9-14H,5,8,15-18H2,1H3,(H,28,30)(H2,27,32,33). The van der Waals surface area contributed by atoms with Crippen molar-refractivity contribution < 1.29 is 27.2 Å². The molecule has 2 amide bonds. The monoisotopic (exact) mass is 511 g/mol. The molecule has 10 heteroatoms. The first-order valence-electron chi connectivity index (χ1n) is 11.6. The van der Waals surface area contributed by atoms with Gasteiger partial charge in [-0.25, -0.2) is 9.86 Å². The topological polar surface area (TPSA) is 132 Å². The summed E-state index contributed by atoms with van der Waals surface area (Å²) in [6.07, 6.45) is 3.04. The molecular weight excluding hydrogens is 482 g/mol. The first kappa shape index (κ1) is 25.5. The third-order valence-corrected chi connectivity index (χ3v) is 6.76. The summed E-state index contributed by atoms with van der Waals surface area (Å²) in [5.41, 5.74) is 1.52. The van der Waals surface area contributed by atoms with Gasteiger partial charge < -0.3 is 14.1 Å². The maximum absolute atomic E-state index is 13.8. The number of nitrogens with zero attached hydrogens (tertiary/aromatic N) is 1. The Morgan fingerprint density at radius 2 is 1.75 bits per heavy atom. The minimum absolute atomic E-state index is 0.00679. The molecule has 3 aromatic rings. The zero-order chi connectivity index (χ0) is 25.8. The van der Waals surface area contributed by atoms with Crippen LogP contribution in [-0.4, -0.2) is 38.8 Å². The number of carbonyl (C=O) groups is 2. The van der Waals surface area contributed by atoms with Gasteiger partial charge in [0.25, 0.3) is 10.2 Å². The van der Waals surface area contributed by atoms with E-state index >= 15 is 0 Å². The van der Waals surface area contributed by atoms with Crippen molar-refractivity contribution in [2.45, 2.75) is 37.6 Å². The van der Waals surface area contributed by atoms with Crippen LogP contribution < -0.4 is 14.6 Å². The fraction of sp³-hybridized carbons (Fsp3) is 0.308. The molecule has 1 aromatic heterocycles. The number of aryl methyl sites for hydroxylation is 1. The maximum Gasteiger partial charge on any atom is 0.301 e. The van der Waals surface area contributed by atoms with Gasteiger partial charge in [0.05, 0.1) is 19.1 Å². The van der Waals surface area contributed by atoms with E-state index in [1.165, 1.54) is 11.6 Å². The van der Waals surface area contributed by atoms with E-state index in [0.29, 0.717) is 12.3 Å². The average Bonchev–Trinajstić information content (AvgIpc) is 3.54. The fourth-order valence-electron chi connectivity index (χ4n) is 4.29. The molecule has 1 aliphatic carbocycles. The molecular formula is C26H29N3O6S. The first-order chi connectivity index (χ1) is 17.2. The summed E-state index contributed by atoms with van der Waals surface area (Å²) in [6, 6.07) is 20.5. The van der Waals surface area contributed by atoms with Crippen LogP contribution in [0.5, 0.6) is 5.75 Å². The molecule has 0 bridgehead atoms. The SMILES string of the molecule is COc1ccc(C2(C(=O)N(CCCc3ccccc3)Cc3ccc(C(=O)NS(N)(=O)=O)o3)CC2)cc1. The van der Waals surface area contributed by atoms with Gasteiger partial charge >= 0.3 is 5.91 Å². The number of nitrogens with two attached hydrogens (primary N) is 1. The number of benzene rings is 2. The van der Waals surface area contributed by atoms with Gasteiger partial charge in [-0.3, -0.25) is 9.59 Å². The zero-order valence-corrected chi connectivity index (χ0v) is 20.8. The second-order valence-corrected chi connectivity index (χ2v) is 10.2. The van der Waals surface area contributed by atoms with Crippen LogP contribution in [0, 0.1) is 0 Å². The smallest absolute Gasteiger partial charge is 0.301 e. The fourth-order valence-corrected chi connectivity index (χ4v) is 4.65.